The molecule has 3 heterocycles. The number of carbonyl (C=O) groups excluding carboxylic acids is 2. The Kier molecular flexibility index (Phi) is 4.46. The molecular weight excluding hydrogens is 338 g/mol. The molecule has 0 atom stereocenters. The largest absolute Gasteiger partial charge is 0.335 e. The van der Waals surface area contributed by atoms with Crippen LogP contribution in [0.15, 0.2) is 29.4 Å². The minimum atomic E-state index is -0.128. The molecule has 1 saturated heterocycles. The summed E-state index contributed by atoms with van der Waals surface area (Å²) in [6.45, 7) is 3.81. The van der Waals surface area contributed by atoms with Gasteiger partial charge in [0.25, 0.3) is 5.91 Å². The Bertz CT molecular complexity index is 805. The molecule has 2 aliphatic rings. The average Bonchev–Trinajstić information content (AvgIpc) is 3.05. The number of para-hydroxylation sites is 1. The number of aromatic nitrogens is 1. The molecule has 1 aromatic carbocycles. The van der Waals surface area contributed by atoms with Crippen LogP contribution in [0.2, 0.25) is 0 Å². The predicted molar refractivity (Wildman–Crippen MR) is 96.3 cm³/mol. The van der Waals surface area contributed by atoms with E-state index in [0.717, 1.165) is 30.2 Å². The second-order valence-corrected chi connectivity index (χ2v) is 7.35. The number of amides is 2. The van der Waals surface area contributed by atoms with Crippen molar-refractivity contribution in [2.24, 2.45) is 5.10 Å². The molecule has 0 spiro atoms. The molecule has 8 heteroatoms. The third-order valence-electron chi connectivity index (χ3n) is 4.51. The van der Waals surface area contributed by atoms with Crippen LogP contribution in [-0.4, -0.2) is 58.5 Å². The summed E-state index contributed by atoms with van der Waals surface area (Å²) in [5.74, 6) is -0.183. The lowest BCUT2D eigenvalue weighted by Gasteiger charge is -2.34. The van der Waals surface area contributed by atoms with E-state index in [1.165, 1.54) is 4.70 Å². The quantitative estimate of drug-likeness (QED) is 0.896. The highest BCUT2D eigenvalue weighted by Crippen LogP contribution is 2.23. The maximum absolute atomic E-state index is 12.5. The molecule has 0 bridgehead atoms. The number of nitrogens with one attached hydrogen (secondary N) is 1. The van der Waals surface area contributed by atoms with E-state index in [-0.39, 0.29) is 11.8 Å². The van der Waals surface area contributed by atoms with E-state index in [2.05, 4.69) is 26.5 Å². The number of nitrogens with zero attached hydrogens (tertiary/aromatic N) is 4. The normalized spacial score (nSPS) is 19.0. The number of thiazole rings is 1. The van der Waals surface area contributed by atoms with Crippen LogP contribution in [0.3, 0.4) is 0 Å². The molecule has 4 rings (SSSR count). The Labute approximate surface area is 149 Å². The molecule has 1 N–H and O–H groups in total. The smallest absolute Gasteiger partial charge is 0.270 e. The summed E-state index contributed by atoms with van der Waals surface area (Å²) in [5, 5.41) is 5.01. The molecule has 0 saturated carbocycles. The lowest BCUT2D eigenvalue weighted by atomic mass is 10.1. The van der Waals surface area contributed by atoms with Gasteiger partial charge in [0.15, 0.2) is 0 Å². The molecule has 130 valence electrons. The molecule has 25 heavy (non-hydrogen) atoms. The van der Waals surface area contributed by atoms with Gasteiger partial charge in [0.2, 0.25) is 5.91 Å². The summed E-state index contributed by atoms with van der Waals surface area (Å²) >= 11 is 1.73. The highest BCUT2D eigenvalue weighted by atomic mass is 32.1. The Morgan fingerprint density at radius 3 is 2.68 bits per heavy atom. The highest BCUT2D eigenvalue weighted by Gasteiger charge is 2.27. The van der Waals surface area contributed by atoms with Gasteiger partial charge in [-0.25, -0.2) is 10.4 Å². The molecule has 2 aliphatic heterocycles. The van der Waals surface area contributed by atoms with Crippen molar-refractivity contribution >= 4 is 39.1 Å². The summed E-state index contributed by atoms with van der Waals surface area (Å²) in [5.41, 5.74) is 3.90. The number of piperazine rings is 1. The zero-order chi connectivity index (χ0) is 17.2. The van der Waals surface area contributed by atoms with E-state index < -0.39 is 0 Å². The molecule has 0 aliphatic carbocycles. The van der Waals surface area contributed by atoms with Gasteiger partial charge in [0.05, 0.1) is 16.8 Å². The first-order valence-electron chi connectivity index (χ1n) is 8.40. The van der Waals surface area contributed by atoms with Crippen LogP contribution in [0, 0.1) is 0 Å². The first-order chi connectivity index (χ1) is 12.2. The fraction of sp³-hybridized carbons (Fsp3) is 0.412. The second kappa shape index (κ2) is 6.89. The Hall–Kier alpha value is -2.32. The van der Waals surface area contributed by atoms with Crippen molar-refractivity contribution < 1.29 is 9.59 Å². The van der Waals surface area contributed by atoms with Crippen LogP contribution < -0.4 is 5.43 Å². The SMILES string of the molecule is O=C1CCC(C(=O)N2CCN(Cc3nc4ccccc4s3)CC2)=NN1. The topological polar surface area (TPSA) is 77.9 Å². The van der Waals surface area contributed by atoms with E-state index in [1.807, 2.05) is 23.1 Å². The van der Waals surface area contributed by atoms with Crippen molar-refractivity contribution in [3.05, 3.63) is 29.3 Å². The summed E-state index contributed by atoms with van der Waals surface area (Å²) in [6, 6.07) is 8.17. The molecule has 7 nitrogen and oxygen atoms in total. The Balaban J connectivity index is 1.33. The van der Waals surface area contributed by atoms with E-state index in [0.29, 0.717) is 31.6 Å². The lowest BCUT2D eigenvalue weighted by molar-refractivity contribution is -0.126. The first kappa shape index (κ1) is 16.2. The van der Waals surface area contributed by atoms with Crippen molar-refractivity contribution in [2.75, 3.05) is 26.2 Å². The Morgan fingerprint density at radius 2 is 1.96 bits per heavy atom. The number of benzene rings is 1. The molecule has 2 aromatic rings. The van der Waals surface area contributed by atoms with E-state index in [4.69, 9.17) is 0 Å². The molecule has 1 fully saturated rings. The number of carbonyl (C=O) groups is 2. The summed E-state index contributed by atoms with van der Waals surface area (Å²) in [7, 11) is 0. The monoisotopic (exact) mass is 357 g/mol. The van der Waals surface area contributed by atoms with Crippen molar-refractivity contribution in [3.8, 4) is 0 Å². The van der Waals surface area contributed by atoms with Crippen LogP contribution in [0.1, 0.15) is 17.8 Å². The fourth-order valence-electron chi connectivity index (χ4n) is 3.10. The number of hydrogen-bond donors (Lipinski definition) is 1. The van der Waals surface area contributed by atoms with Crippen molar-refractivity contribution in [2.45, 2.75) is 19.4 Å². The highest BCUT2D eigenvalue weighted by molar-refractivity contribution is 7.18. The van der Waals surface area contributed by atoms with Crippen molar-refractivity contribution in [1.29, 1.82) is 0 Å². The maximum Gasteiger partial charge on any atom is 0.270 e. The van der Waals surface area contributed by atoms with Gasteiger partial charge in [-0.15, -0.1) is 11.3 Å². The standard InChI is InChI=1S/C17H19N5O2S/c23-15-6-5-13(19-20-15)17(24)22-9-7-21(8-10-22)11-16-18-12-3-1-2-4-14(12)25-16/h1-4H,5-11H2,(H,20,23). The van der Waals surface area contributed by atoms with Gasteiger partial charge in [-0.05, 0) is 12.1 Å². The van der Waals surface area contributed by atoms with Gasteiger partial charge in [-0.2, -0.15) is 5.10 Å². The third-order valence-corrected chi connectivity index (χ3v) is 5.53. The molecule has 1 aromatic heterocycles. The van der Waals surface area contributed by atoms with Gasteiger partial charge < -0.3 is 4.90 Å². The summed E-state index contributed by atoms with van der Waals surface area (Å²) < 4.78 is 1.21. The van der Waals surface area contributed by atoms with Gasteiger partial charge in [-0.3, -0.25) is 14.5 Å². The molecule has 0 unspecified atom stereocenters. The Morgan fingerprint density at radius 1 is 1.16 bits per heavy atom. The zero-order valence-corrected chi connectivity index (χ0v) is 14.6. The zero-order valence-electron chi connectivity index (χ0n) is 13.8. The fourth-order valence-corrected chi connectivity index (χ4v) is 4.11. The van der Waals surface area contributed by atoms with E-state index in [1.54, 1.807) is 11.3 Å². The van der Waals surface area contributed by atoms with Crippen LogP contribution in [0.4, 0.5) is 0 Å². The minimum Gasteiger partial charge on any atom is -0.335 e. The lowest BCUT2D eigenvalue weighted by Crippen LogP contribution is -2.51. The third kappa shape index (κ3) is 3.54. The van der Waals surface area contributed by atoms with Crippen molar-refractivity contribution in [3.63, 3.8) is 0 Å². The van der Waals surface area contributed by atoms with Gasteiger partial charge in [0.1, 0.15) is 10.7 Å². The average molecular weight is 357 g/mol. The number of hydrazone groups is 1. The second-order valence-electron chi connectivity index (χ2n) is 6.24. The molecule has 0 radical (unpaired) electrons. The predicted octanol–water partition coefficient (Wildman–Crippen LogP) is 1.21. The minimum absolute atomic E-state index is 0.0559. The van der Waals surface area contributed by atoms with Gasteiger partial charge >= 0.3 is 0 Å². The van der Waals surface area contributed by atoms with Gasteiger partial charge in [-0.1, -0.05) is 12.1 Å². The van der Waals surface area contributed by atoms with Gasteiger partial charge in [0, 0.05) is 39.0 Å². The molecular formula is C17H19N5O2S. The number of rotatable bonds is 3. The van der Waals surface area contributed by atoms with Crippen LogP contribution in [0.5, 0.6) is 0 Å². The number of hydrogen-bond acceptors (Lipinski definition) is 6. The summed E-state index contributed by atoms with van der Waals surface area (Å²) in [4.78, 5) is 32.4. The van der Waals surface area contributed by atoms with E-state index >= 15 is 0 Å². The maximum atomic E-state index is 12.5. The van der Waals surface area contributed by atoms with Crippen LogP contribution in [0.25, 0.3) is 10.2 Å². The summed E-state index contributed by atoms with van der Waals surface area (Å²) in [6.07, 6.45) is 0.763. The van der Waals surface area contributed by atoms with E-state index in [9.17, 15) is 9.59 Å². The molecule has 2 amide bonds. The first-order valence-corrected chi connectivity index (χ1v) is 9.22. The van der Waals surface area contributed by atoms with Crippen LogP contribution >= 0.6 is 11.3 Å². The number of fused-ring (bicyclic) bond motifs is 1. The van der Waals surface area contributed by atoms with Crippen molar-refractivity contribution in [1.82, 2.24) is 20.2 Å². The van der Waals surface area contributed by atoms with Crippen LogP contribution in [-0.2, 0) is 16.1 Å².